The molecule has 2 N–H and O–H groups in total. The van der Waals surface area contributed by atoms with Gasteiger partial charge in [-0.2, -0.15) is 0 Å². The van der Waals surface area contributed by atoms with Gasteiger partial charge in [-0.25, -0.2) is 4.79 Å². The number of carboxylic acids is 1. The highest BCUT2D eigenvalue weighted by Gasteiger charge is 2.18. The summed E-state index contributed by atoms with van der Waals surface area (Å²) < 4.78 is 0. The molecule has 0 aromatic heterocycles. The molecule has 0 unspecified atom stereocenters. The topological polar surface area (TPSA) is 66.4 Å². The van der Waals surface area contributed by atoms with Crippen molar-refractivity contribution in [3.05, 3.63) is 28.8 Å². The molecule has 1 amide bonds. The third-order valence-corrected chi connectivity index (χ3v) is 3.74. The van der Waals surface area contributed by atoms with Crippen molar-refractivity contribution in [2.45, 2.75) is 32.1 Å². The molecule has 0 heterocycles. The van der Waals surface area contributed by atoms with Gasteiger partial charge in [0.25, 0.3) is 0 Å². The molecule has 4 nitrogen and oxygen atoms in total. The summed E-state index contributed by atoms with van der Waals surface area (Å²) in [6.45, 7) is 0. The summed E-state index contributed by atoms with van der Waals surface area (Å²) in [6.07, 6.45) is 5.17. The van der Waals surface area contributed by atoms with Crippen molar-refractivity contribution in [2.24, 2.45) is 5.92 Å². The Labute approximate surface area is 116 Å². The fourth-order valence-corrected chi connectivity index (χ4v) is 2.72. The zero-order chi connectivity index (χ0) is 13.8. The molecule has 1 fully saturated rings. The fourth-order valence-electron chi connectivity index (χ4n) is 2.45. The predicted octanol–water partition coefficient (Wildman–Crippen LogP) is 3.56. The zero-order valence-corrected chi connectivity index (χ0v) is 11.2. The lowest BCUT2D eigenvalue weighted by atomic mass is 10.0. The number of carbonyl (C=O) groups is 2. The molecule has 0 radical (unpaired) electrons. The number of hydrogen-bond acceptors (Lipinski definition) is 2. The van der Waals surface area contributed by atoms with Gasteiger partial charge in [0, 0.05) is 12.1 Å². The van der Waals surface area contributed by atoms with E-state index in [0.29, 0.717) is 18.0 Å². The molecule has 102 valence electrons. The Kier molecular flexibility index (Phi) is 4.43. The highest BCUT2D eigenvalue weighted by molar-refractivity contribution is 6.33. The summed E-state index contributed by atoms with van der Waals surface area (Å²) in [6, 6.07) is 4.43. The van der Waals surface area contributed by atoms with Crippen LogP contribution < -0.4 is 5.32 Å². The Morgan fingerprint density at radius 1 is 1.32 bits per heavy atom. The summed E-state index contributed by atoms with van der Waals surface area (Å²) in [4.78, 5) is 22.6. The van der Waals surface area contributed by atoms with Gasteiger partial charge < -0.3 is 10.4 Å². The Hall–Kier alpha value is -1.55. The Morgan fingerprint density at radius 3 is 2.58 bits per heavy atom. The summed E-state index contributed by atoms with van der Waals surface area (Å²) in [5.41, 5.74) is 0.577. The summed E-state index contributed by atoms with van der Waals surface area (Å²) in [5, 5.41) is 11.7. The molecule has 19 heavy (non-hydrogen) atoms. The monoisotopic (exact) mass is 281 g/mol. The van der Waals surface area contributed by atoms with Gasteiger partial charge in [-0.15, -0.1) is 0 Å². The van der Waals surface area contributed by atoms with E-state index in [1.807, 2.05) is 0 Å². The number of carboxylic acid groups (broad SMARTS) is 1. The summed E-state index contributed by atoms with van der Waals surface area (Å²) in [5.74, 6) is -0.631. The molecule has 1 aromatic rings. The molecule has 1 saturated carbocycles. The van der Waals surface area contributed by atoms with Crippen LogP contribution in [0.1, 0.15) is 42.5 Å². The van der Waals surface area contributed by atoms with E-state index in [9.17, 15) is 9.59 Å². The SMILES string of the molecule is O=C(CC1CCCC1)Nc1ccc(C(=O)O)c(Cl)c1. The third kappa shape index (κ3) is 3.70. The molecule has 0 aliphatic heterocycles. The maximum Gasteiger partial charge on any atom is 0.337 e. The van der Waals surface area contributed by atoms with Crippen molar-refractivity contribution in [3.8, 4) is 0 Å². The minimum absolute atomic E-state index is 0.0361. The van der Waals surface area contributed by atoms with Gasteiger partial charge >= 0.3 is 5.97 Å². The van der Waals surface area contributed by atoms with Crippen LogP contribution in [0, 0.1) is 5.92 Å². The van der Waals surface area contributed by atoms with Crippen LogP contribution in [0.3, 0.4) is 0 Å². The van der Waals surface area contributed by atoms with E-state index in [0.717, 1.165) is 12.8 Å². The fraction of sp³-hybridized carbons (Fsp3) is 0.429. The van der Waals surface area contributed by atoms with Gasteiger partial charge in [-0.3, -0.25) is 4.79 Å². The van der Waals surface area contributed by atoms with Crippen molar-refractivity contribution in [2.75, 3.05) is 5.32 Å². The van der Waals surface area contributed by atoms with Crippen molar-refractivity contribution in [1.29, 1.82) is 0 Å². The minimum atomic E-state index is -1.08. The first-order valence-electron chi connectivity index (χ1n) is 6.39. The van der Waals surface area contributed by atoms with E-state index in [1.54, 1.807) is 6.07 Å². The van der Waals surface area contributed by atoms with E-state index in [-0.39, 0.29) is 16.5 Å². The van der Waals surface area contributed by atoms with Crippen LogP contribution in [0.15, 0.2) is 18.2 Å². The first-order valence-corrected chi connectivity index (χ1v) is 6.77. The standard InChI is InChI=1S/C14H16ClNO3/c15-12-8-10(5-6-11(12)14(18)19)16-13(17)7-9-3-1-2-4-9/h5-6,8-9H,1-4,7H2,(H,16,17)(H,18,19). The molecule has 1 aromatic carbocycles. The number of nitrogens with one attached hydrogen (secondary N) is 1. The number of hydrogen-bond donors (Lipinski definition) is 2. The molecule has 0 bridgehead atoms. The summed E-state index contributed by atoms with van der Waals surface area (Å²) >= 11 is 5.85. The lowest BCUT2D eigenvalue weighted by Gasteiger charge is -2.10. The molecule has 1 aliphatic carbocycles. The second kappa shape index (κ2) is 6.06. The highest BCUT2D eigenvalue weighted by Crippen LogP contribution is 2.28. The number of aromatic carboxylic acids is 1. The highest BCUT2D eigenvalue weighted by atomic mass is 35.5. The van der Waals surface area contributed by atoms with Crippen molar-refractivity contribution in [1.82, 2.24) is 0 Å². The third-order valence-electron chi connectivity index (χ3n) is 3.43. The van der Waals surface area contributed by atoms with Crippen LogP contribution >= 0.6 is 11.6 Å². The molecule has 1 aliphatic rings. The zero-order valence-electron chi connectivity index (χ0n) is 10.5. The second-order valence-electron chi connectivity index (χ2n) is 4.90. The van der Waals surface area contributed by atoms with Gasteiger partial charge in [0.15, 0.2) is 0 Å². The van der Waals surface area contributed by atoms with E-state index < -0.39 is 5.97 Å². The molecule has 2 rings (SSSR count). The van der Waals surface area contributed by atoms with Crippen LogP contribution in [0.2, 0.25) is 5.02 Å². The Balaban J connectivity index is 1.96. The van der Waals surface area contributed by atoms with Gasteiger partial charge in [-0.1, -0.05) is 24.4 Å². The van der Waals surface area contributed by atoms with Gasteiger partial charge in [0.2, 0.25) is 5.91 Å². The van der Waals surface area contributed by atoms with Crippen LogP contribution in [0.4, 0.5) is 5.69 Å². The number of benzene rings is 1. The van der Waals surface area contributed by atoms with Crippen LogP contribution in [-0.2, 0) is 4.79 Å². The number of anilines is 1. The van der Waals surface area contributed by atoms with E-state index in [2.05, 4.69) is 5.32 Å². The molecule has 0 saturated heterocycles. The Morgan fingerprint density at radius 2 is 2.00 bits per heavy atom. The number of carbonyl (C=O) groups excluding carboxylic acids is 1. The van der Waals surface area contributed by atoms with Gasteiger partial charge in [-0.05, 0) is 37.0 Å². The maximum absolute atomic E-state index is 11.8. The lowest BCUT2D eigenvalue weighted by Crippen LogP contribution is -2.15. The number of halogens is 1. The van der Waals surface area contributed by atoms with Crippen LogP contribution in [-0.4, -0.2) is 17.0 Å². The smallest absolute Gasteiger partial charge is 0.337 e. The van der Waals surface area contributed by atoms with Gasteiger partial charge in [0.1, 0.15) is 0 Å². The Bertz CT molecular complexity index is 495. The van der Waals surface area contributed by atoms with Crippen molar-refractivity contribution >= 4 is 29.2 Å². The predicted molar refractivity (Wildman–Crippen MR) is 73.6 cm³/mol. The van der Waals surface area contributed by atoms with Crippen LogP contribution in [0.25, 0.3) is 0 Å². The van der Waals surface area contributed by atoms with Gasteiger partial charge in [0.05, 0.1) is 10.6 Å². The van der Waals surface area contributed by atoms with Crippen molar-refractivity contribution < 1.29 is 14.7 Å². The normalized spacial score (nSPS) is 15.4. The molecular formula is C14H16ClNO3. The average Bonchev–Trinajstić information content (AvgIpc) is 2.81. The largest absolute Gasteiger partial charge is 0.478 e. The first kappa shape index (κ1) is 13.9. The maximum atomic E-state index is 11.8. The lowest BCUT2D eigenvalue weighted by molar-refractivity contribution is -0.117. The molecule has 0 spiro atoms. The first-order chi connectivity index (χ1) is 9.06. The van der Waals surface area contributed by atoms with Crippen molar-refractivity contribution in [3.63, 3.8) is 0 Å². The average molecular weight is 282 g/mol. The molecule has 0 atom stereocenters. The second-order valence-corrected chi connectivity index (χ2v) is 5.31. The number of amides is 1. The van der Waals surface area contributed by atoms with Crippen LogP contribution in [0.5, 0.6) is 0 Å². The summed E-state index contributed by atoms with van der Waals surface area (Å²) in [7, 11) is 0. The molecular weight excluding hydrogens is 266 g/mol. The van der Waals surface area contributed by atoms with E-state index in [4.69, 9.17) is 16.7 Å². The van der Waals surface area contributed by atoms with E-state index in [1.165, 1.54) is 25.0 Å². The minimum Gasteiger partial charge on any atom is -0.478 e. The van der Waals surface area contributed by atoms with E-state index >= 15 is 0 Å². The quantitative estimate of drug-likeness (QED) is 0.887. The molecule has 5 heteroatoms. The number of rotatable bonds is 4.